The molecule has 0 aliphatic carbocycles. The number of phosphoric ester groups is 1. The van der Waals surface area contributed by atoms with Gasteiger partial charge in [0.25, 0.3) is 0 Å². The minimum Gasteiger partial charge on any atom is -0.457 e. The molecule has 3 atom stereocenters. The third-order valence-electron chi connectivity index (χ3n) is 12.0. The van der Waals surface area contributed by atoms with Crippen LogP contribution in [0.2, 0.25) is 0 Å². The Balaban J connectivity index is 3.98. The average molecular weight is 891 g/mol. The zero-order valence-corrected chi connectivity index (χ0v) is 41.3. The van der Waals surface area contributed by atoms with E-state index >= 15 is 0 Å². The van der Waals surface area contributed by atoms with Gasteiger partial charge in [0.15, 0.2) is 0 Å². The fourth-order valence-corrected chi connectivity index (χ4v) is 8.80. The van der Waals surface area contributed by atoms with Gasteiger partial charge in [0.05, 0.1) is 26.4 Å². The molecule has 0 aromatic heterocycles. The van der Waals surface area contributed by atoms with Crippen LogP contribution >= 0.6 is 7.82 Å². The van der Waals surface area contributed by atoms with E-state index in [1.807, 2.05) is 0 Å². The van der Waals surface area contributed by atoms with Gasteiger partial charge in [-0.25, -0.2) is 4.57 Å². The lowest BCUT2D eigenvalue weighted by molar-refractivity contribution is -0.154. The topological polar surface area (TPSA) is 132 Å². The lowest BCUT2D eigenvalue weighted by Gasteiger charge is -2.20. The predicted octanol–water partition coefficient (Wildman–Crippen LogP) is 15.4. The summed E-state index contributed by atoms with van der Waals surface area (Å²) in [6, 6.07) is 0. The van der Waals surface area contributed by atoms with Crippen LogP contribution in [0.15, 0.2) is 0 Å². The summed E-state index contributed by atoms with van der Waals surface area (Å²) in [5, 5.41) is 18.4. The van der Waals surface area contributed by atoms with Gasteiger partial charge in [0.2, 0.25) is 0 Å². The van der Waals surface area contributed by atoms with Gasteiger partial charge in [-0.1, -0.05) is 258 Å². The smallest absolute Gasteiger partial charge is 0.457 e. The SMILES string of the molecule is CCCCCCCCCCCCCCCCCCCCCCCCCC(=O)OC(COCCCCCCCCCCCCCCCCCCC)COP(=O)(O)OCC(O)CO. The second-order valence-corrected chi connectivity index (χ2v) is 19.7. The van der Waals surface area contributed by atoms with E-state index in [1.165, 1.54) is 225 Å². The lowest BCUT2D eigenvalue weighted by Crippen LogP contribution is -2.29. The highest BCUT2D eigenvalue weighted by atomic mass is 31.2. The van der Waals surface area contributed by atoms with Crippen molar-refractivity contribution in [1.82, 2.24) is 0 Å². The van der Waals surface area contributed by atoms with Gasteiger partial charge in [0, 0.05) is 13.0 Å². The molecular formula is C51H103O9P. The zero-order chi connectivity index (χ0) is 44.6. The minimum atomic E-state index is -4.52. The molecule has 9 nitrogen and oxygen atoms in total. The van der Waals surface area contributed by atoms with E-state index < -0.39 is 33.2 Å². The third kappa shape index (κ3) is 48.7. The Bertz CT molecular complexity index is 922. The highest BCUT2D eigenvalue weighted by Gasteiger charge is 2.26. The standard InChI is InChI=1S/C51H103O9P/c1-3-5-7-9-11-13-15-17-19-21-22-23-24-25-26-27-29-31-33-35-37-39-41-43-51(54)60-50(48-59-61(55,56)58-46-49(53)45-52)47-57-44-42-40-38-36-34-32-30-28-20-18-16-14-12-10-8-6-4-2/h49-50,52-53H,3-48H2,1-2H3,(H,55,56). The number of ether oxygens (including phenoxy) is 2. The molecule has 61 heavy (non-hydrogen) atoms. The lowest BCUT2D eigenvalue weighted by atomic mass is 10.0. The fourth-order valence-electron chi connectivity index (χ4n) is 8.01. The summed E-state index contributed by atoms with van der Waals surface area (Å²) in [4.78, 5) is 22.7. The first kappa shape index (κ1) is 60.5. The predicted molar refractivity (Wildman–Crippen MR) is 256 cm³/mol. The van der Waals surface area contributed by atoms with Crippen LogP contribution in [0.5, 0.6) is 0 Å². The van der Waals surface area contributed by atoms with Crippen LogP contribution in [0, 0.1) is 0 Å². The number of unbranched alkanes of at least 4 members (excludes halogenated alkanes) is 38. The molecule has 0 bridgehead atoms. The molecule has 10 heteroatoms. The Hall–Kier alpha value is -0.540. The van der Waals surface area contributed by atoms with Crippen LogP contribution < -0.4 is 0 Å². The molecule has 0 aromatic rings. The summed E-state index contributed by atoms with van der Waals surface area (Å²) in [6.07, 6.45) is 50.7. The van der Waals surface area contributed by atoms with Crippen LogP contribution in [0.4, 0.5) is 0 Å². The van der Waals surface area contributed by atoms with Gasteiger partial charge in [0.1, 0.15) is 12.2 Å². The molecule has 0 aliphatic heterocycles. The van der Waals surface area contributed by atoms with Crippen LogP contribution in [0.3, 0.4) is 0 Å². The maximum absolute atomic E-state index is 12.7. The largest absolute Gasteiger partial charge is 0.472 e. The van der Waals surface area contributed by atoms with Crippen molar-refractivity contribution in [1.29, 1.82) is 0 Å². The average Bonchev–Trinajstić information content (AvgIpc) is 3.25. The summed E-state index contributed by atoms with van der Waals surface area (Å²) < 4.78 is 33.6. The van der Waals surface area contributed by atoms with Crippen molar-refractivity contribution < 1.29 is 43.0 Å². The normalized spacial score (nSPS) is 13.7. The maximum atomic E-state index is 12.7. The molecule has 0 amide bonds. The molecular weight excluding hydrogens is 788 g/mol. The Morgan fingerprint density at radius 3 is 1.07 bits per heavy atom. The number of rotatable bonds is 52. The minimum absolute atomic E-state index is 0.0588. The molecule has 3 unspecified atom stereocenters. The maximum Gasteiger partial charge on any atom is 0.472 e. The second kappa shape index (κ2) is 48.9. The van der Waals surface area contributed by atoms with Gasteiger partial charge in [-0.05, 0) is 12.8 Å². The number of aliphatic hydroxyl groups excluding tert-OH is 2. The van der Waals surface area contributed by atoms with Crippen LogP contribution in [-0.2, 0) is 27.9 Å². The fraction of sp³-hybridized carbons (Fsp3) is 0.980. The first-order chi connectivity index (χ1) is 29.8. The van der Waals surface area contributed by atoms with Gasteiger partial charge in [-0.15, -0.1) is 0 Å². The van der Waals surface area contributed by atoms with Crippen molar-refractivity contribution in [2.45, 2.75) is 289 Å². The van der Waals surface area contributed by atoms with E-state index in [4.69, 9.17) is 23.6 Å². The van der Waals surface area contributed by atoms with E-state index in [9.17, 15) is 19.4 Å². The quantitative estimate of drug-likeness (QED) is 0.0310. The monoisotopic (exact) mass is 891 g/mol. The number of hydrogen-bond donors (Lipinski definition) is 3. The number of carbonyl (C=O) groups is 1. The summed E-state index contributed by atoms with van der Waals surface area (Å²) in [5.41, 5.74) is 0. The number of phosphoric acid groups is 1. The van der Waals surface area contributed by atoms with Gasteiger partial charge < -0.3 is 24.6 Å². The Morgan fingerprint density at radius 2 is 0.738 bits per heavy atom. The molecule has 0 rings (SSSR count). The van der Waals surface area contributed by atoms with Gasteiger partial charge in [-0.2, -0.15) is 0 Å². The van der Waals surface area contributed by atoms with E-state index in [1.54, 1.807) is 0 Å². The number of carbonyl (C=O) groups excluding carboxylic acids is 1. The van der Waals surface area contributed by atoms with Crippen molar-refractivity contribution >= 4 is 13.8 Å². The van der Waals surface area contributed by atoms with Crippen molar-refractivity contribution in [2.24, 2.45) is 0 Å². The van der Waals surface area contributed by atoms with E-state index in [-0.39, 0.29) is 25.6 Å². The second-order valence-electron chi connectivity index (χ2n) is 18.3. The van der Waals surface area contributed by atoms with Crippen LogP contribution in [-0.4, -0.2) is 66.3 Å². The molecule has 0 heterocycles. The highest BCUT2D eigenvalue weighted by molar-refractivity contribution is 7.47. The van der Waals surface area contributed by atoms with Crippen molar-refractivity contribution in [2.75, 3.05) is 33.0 Å². The summed E-state index contributed by atoms with van der Waals surface area (Å²) >= 11 is 0. The number of aliphatic hydroxyl groups is 2. The third-order valence-corrected chi connectivity index (χ3v) is 13.0. The summed E-state index contributed by atoms with van der Waals surface area (Å²) in [5.74, 6) is -0.372. The Labute approximate surface area is 378 Å². The molecule has 0 aromatic carbocycles. The van der Waals surface area contributed by atoms with Crippen molar-refractivity contribution in [3.05, 3.63) is 0 Å². The first-order valence-corrected chi connectivity index (χ1v) is 28.0. The summed E-state index contributed by atoms with van der Waals surface area (Å²) in [7, 11) is -4.52. The Morgan fingerprint density at radius 1 is 0.443 bits per heavy atom. The molecule has 3 N–H and O–H groups in total. The Kier molecular flexibility index (Phi) is 48.5. The zero-order valence-electron chi connectivity index (χ0n) is 40.4. The van der Waals surface area contributed by atoms with E-state index in [2.05, 4.69) is 13.8 Å². The molecule has 0 fully saturated rings. The number of hydrogen-bond acceptors (Lipinski definition) is 8. The number of esters is 1. The molecule has 0 spiro atoms. The van der Waals surface area contributed by atoms with Gasteiger partial charge >= 0.3 is 13.8 Å². The molecule has 0 saturated heterocycles. The molecule has 366 valence electrons. The van der Waals surface area contributed by atoms with Crippen molar-refractivity contribution in [3.63, 3.8) is 0 Å². The molecule has 0 radical (unpaired) electrons. The van der Waals surface area contributed by atoms with Crippen molar-refractivity contribution in [3.8, 4) is 0 Å². The van der Waals surface area contributed by atoms with E-state index in [0.29, 0.717) is 6.61 Å². The molecule has 0 aliphatic rings. The van der Waals surface area contributed by atoms with Crippen LogP contribution in [0.25, 0.3) is 0 Å². The molecule has 0 saturated carbocycles. The summed E-state index contributed by atoms with van der Waals surface area (Å²) in [6.45, 7) is 3.61. The first-order valence-electron chi connectivity index (χ1n) is 26.5. The highest BCUT2D eigenvalue weighted by Crippen LogP contribution is 2.43. The van der Waals surface area contributed by atoms with Crippen LogP contribution in [0.1, 0.15) is 277 Å². The van der Waals surface area contributed by atoms with E-state index in [0.717, 1.165) is 32.1 Å². The van der Waals surface area contributed by atoms with Gasteiger partial charge in [-0.3, -0.25) is 13.8 Å².